The van der Waals surface area contributed by atoms with Gasteiger partial charge in [-0.3, -0.25) is 0 Å². The molecular weight excluding hydrogens is 637 g/mol. The monoisotopic (exact) mass is 680 g/mol. The normalized spacial score (nSPS) is 11.7. The van der Waals surface area contributed by atoms with Gasteiger partial charge in [0.25, 0.3) is 0 Å². The number of unbranched alkanes of at least 4 members (excludes halogenated alkanes) is 7. The summed E-state index contributed by atoms with van der Waals surface area (Å²) in [6.45, 7) is 3.78. The molecule has 0 unspecified atom stereocenters. The minimum atomic E-state index is -3.64. The van der Waals surface area contributed by atoms with Crippen LogP contribution in [0.1, 0.15) is 64.7 Å². The second-order valence-corrected chi connectivity index (χ2v) is 15.2. The average molecular weight is 681 g/mol. The molecule has 0 radical (unpaired) electrons. The fourth-order valence-corrected chi connectivity index (χ4v) is 7.43. The molecule has 0 atom stereocenters. The SMILES string of the molecule is CCCOc1ccc(S(=O)(=O)c2ccc(OCCCCCCCCCCOc3ccc(S(=O)(=O)c4ccc(O)cc4)cc3)cc2)cc1. The number of benzene rings is 4. The lowest BCUT2D eigenvalue weighted by atomic mass is 10.1. The van der Waals surface area contributed by atoms with Crippen molar-refractivity contribution in [3.05, 3.63) is 97.1 Å². The van der Waals surface area contributed by atoms with Crippen LogP contribution >= 0.6 is 0 Å². The molecule has 252 valence electrons. The average Bonchev–Trinajstić information content (AvgIpc) is 3.08. The van der Waals surface area contributed by atoms with Crippen LogP contribution in [0.5, 0.6) is 23.0 Å². The van der Waals surface area contributed by atoms with Gasteiger partial charge in [-0.2, -0.15) is 0 Å². The number of hydrogen-bond donors (Lipinski definition) is 1. The van der Waals surface area contributed by atoms with Crippen LogP contribution in [0.4, 0.5) is 0 Å². The Bertz CT molecular complexity index is 1720. The quantitative estimate of drug-likeness (QED) is 0.0925. The Kier molecular flexibility index (Phi) is 13.5. The Morgan fingerprint density at radius 2 is 0.702 bits per heavy atom. The maximum atomic E-state index is 13.0. The van der Waals surface area contributed by atoms with Crippen molar-refractivity contribution in [2.45, 2.75) is 84.3 Å². The second-order valence-electron chi connectivity index (χ2n) is 11.3. The third-order valence-electron chi connectivity index (χ3n) is 7.60. The maximum absolute atomic E-state index is 13.0. The van der Waals surface area contributed by atoms with Gasteiger partial charge >= 0.3 is 0 Å². The van der Waals surface area contributed by atoms with Crippen LogP contribution in [0.2, 0.25) is 0 Å². The molecule has 10 heteroatoms. The molecule has 1 N–H and O–H groups in total. The summed E-state index contributed by atoms with van der Waals surface area (Å²) in [5.74, 6) is 1.97. The van der Waals surface area contributed by atoms with Crippen LogP contribution in [0.25, 0.3) is 0 Å². The van der Waals surface area contributed by atoms with E-state index in [1.165, 1.54) is 36.4 Å². The van der Waals surface area contributed by atoms with Gasteiger partial charge in [0.15, 0.2) is 0 Å². The predicted molar refractivity (Wildman–Crippen MR) is 182 cm³/mol. The Hall–Kier alpha value is -4.02. The van der Waals surface area contributed by atoms with Crippen molar-refractivity contribution in [2.75, 3.05) is 19.8 Å². The van der Waals surface area contributed by atoms with Crippen molar-refractivity contribution in [3.63, 3.8) is 0 Å². The van der Waals surface area contributed by atoms with Gasteiger partial charge in [-0.25, -0.2) is 16.8 Å². The minimum absolute atomic E-state index is 0.0181. The van der Waals surface area contributed by atoms with Crippen LogP contribution < -0.4 is 14.2 Å². The molecule has 47 heavy (non-hydrogen) atoms. The third-order valence-corrected chi connectivity index (χ3v) is 11.2. The molecule has 0 saturated heterocycles. The van der Waals surface area contributed by atoms with Gasteiger partial charge in [-0.1, -0.05) is 45.4 Å². The highest BCUT2D eigenvalue weighted by Crippen LogP contribution is 2.26. The van der Waals surface area contributed by atoms with Crippen LogP contribution in [0.3, 0.4) is 0 Å². The maximum Gasteiger partial charge on any atom is 0.206 e. The van der Waals surface area contributed by atoms with Gasteiger partial charge < -0.3 is 19.3 Å². The smallest absolute Gasteiger partial charge is 0.206 e. The number of phenols is 1. The molecule has 0 aliphatic carbocycles. The molecule has 0 amide bonds. The minimum Gasteiger partial charge on any atom is -0.508 e. The first kappa shape index (κ1) is 35.8. The molecule has 0 bridgehead atoms. The van der Waals surface area contributed by atoms with E-state index in [9.17, 15) is 21.9 Å². The zero-order chi connectivity index (χ0) is 33.5. The summed E-state index contributed by atoms with van der Waals surface area (Å²) >= 11 is 0. The molecule has 4 aromatic rings. The van der Waals surface area contributed by atoms with E-state index in [2.05, 4.69) is 0 Å². The summed E-state index contributed by atoms with van der Waals surface area (Å²) in [6, 6.07) is 25.0. The first-order chi connectivity index (χ1) is 22.7. The number of aromatic hydroxyl groups is 1. The molecule has 0 saturated carbocycles. The molecular formula is C37H44O8S2. The molecule has 4 rings (SSSR count). The van der Waals surface area contributed by atoms with Crippen LogP contribution in [-0.2, 0) is 19.7 Å². The Labute approximate surface area is 279 Å². The van der Waals surface area contributed by atoms with Crippen molar-refractivity contribution in [3.8, 4) is 23.0 Å². The van der Waals surface area contributed by atoms with Crippen molar-refractivity contribution in [1.82, 2.24) is 0 Å². The Balaban J connectivity index is 1.03. The van der Waals surface area contributed by atoms with E-state index >= 15 is 0 Å². The highest BCUT2D eigenvalue weighted by Gasteiger charge is 2.19. The molecule has 0 aliphatic heterocycles. The largest absolute Gasteiger partial charge is 0.508 e. The fraction of sp³-hybridized carbons (Fsp3) is 0.351. The standard InChI is InChI=1S/C37H44O8S2/c1-2-27-43-31-13-21-36(22-14-31)47(41,42)37-25-17-33(18-26-37)45-29-10-8-6-4-3-5-7-9-28-44-32-15-23-35(24-16-32)46(39,40)34-19-11-30(38)12-20-34/h11-26,38H,2-10,27-29H2,1H3. The van der Waals surface area contributed by atoms with Crippen molar-refractivity contribution in [2.24, 2.45) is 0 Å². The molecule has 0 heterocycles. The Morgan fingerprint density at radius 3 is 1.02 bits per heavy atom. The summed E-state index contributed by atoms with van der Waals surface area (Å²) in [7, 11) is -7.25. The van der Waals surface area contributed by atoms with Crippen LogP contribution in [0, 0.1) is 0 Å². The topological polar surface area (TPSA) is 116 Å². The Morgan fingerprint density at radius 1 is 0.426 bits per heavy atom. The van der Waals surface area contributed by atoms with E-state index in [0.717, 1.165) is 57.8 Å². The molecule has 0 aliphatic rings. The molecule has 4 aromatic carbocycles. The van der Waals surface area contributed by atoms with Crippen LogP contribution in [0.15, 0.2) is 117 Å². The zero-order valence-corrected chi connectivity index (χ0v) is 28.5. The second kappa shape index (κ2) is 17.8. The molecule has 0 fully saturated rings. The van der Waals surface area contributed by atoms with Gasteiger partial charge in [-0.15, -0.1) is 0 Å². The predicted octanol–water partition coefficient (Wildman–Crippen LogP) is 8.43. The fourth-order valence-electron chi connectivity index (χ4n) is 4.91. The van der Waals surface area contributed by atoms with Crippen LogP contribution in [-0.4, -0.2) is 41.8 Å². The lowest BCUT2D eigenvalue weighted by Gasteiger charge is -2.09. The molecule has 0 aromatic heterocycles. The van der Waals surface area contributed by atoms with E-state index in [4.69, 9.17) is 14.2 Å². The van der Waals surface area contributed by atoms with Crippen molar-refractivity contribution < 1.29 is 36.2 Å². The van der Waals surface area contributed by atoms with Gasteiger partial charge in [0, 0.05) is 0 Å². The number of sulfone groups is 2. The van der Waals surface area contributed by atoms with Crippen molar-refractivity contribution in [1.29, 1.82) is 0 Å². The zero-order valence-electron chi connectivity index (χ0n) is 26.8. The van der Waals surface area contributed by atoms with Gasteiger partial charge in [0.1, 0.15) is 23.0 Å². The lowest BCUT2D eigenvalue weighted by molar-refractivity contribution is 0.301. The van der Waals surface area contributed by atoms with Gasteiger partial charge in [0.05, 0.1) is 39.4 Å². The first-order valence-corrected chi connectivity index (χ1v) is 19.1. The lowest BCUT2D eigenvalue weighted by Crippen LogP contribution is -2.03. The van der Waals surface area contributed by atoms with E-state index in [-0.39, 0.29) is 25.3 Å². The number of phenolic OH excluding ortho intramolecular Hbond substituents is 1. The summed E-state index contributed by atoms with van der Waals surface area (Å²) in [6.07, 6.45) is 9.50. The third kappa shape index (κ3) is 10.8. The van der Waals surface area contributed by atoms with Gasteiger partial charge in [-0.05, 0) is 116 Å². The highest BCUT2D eigenvalue weighted by molar-refractivity contribution is 7.91. The summed E-state index contributed by atoms with van der Waals surface area (Å²) in [4.78, 5) is 0.774. The first-order valence-electron chi connectivity index (χ1n) is 16.2. The summed E-state index contributed by atoms with van der Waals surface area (Å²) in [5.41, 5.74) is 0. The summed E-state index contributed by atoms with van der Waals surface area (Å²) in [5, 5.41) is 9.40. The van der Waals surface area contributed by atoms with Gasteiger partial charge in [0.2, 0.25) is 19.7 Å². The highest BCUT2D eigenvalue weighted by atomic mass is 32.2. The van der Waals surface area contributed by atoms with Crippen molar-refractivity contribution >= 4 is 19.7 Å². The van der Waals surface area contributed by atoms with E-state index < -0.39 is 19.7 Å². The molecule has 0 spiro atoms. The molecule has 8 nitrogen and oxygen atoms in total. The van der Waals surface area contributed by atoms with E-state index in [1.807, 2.05) is 6.92 Å². The number of hydrogen-bond acceptors (Lipinski definition) is 8. The van der Waals surface area contributed by atoms with E-state index in [0.29, 0.717) is 37.1 Å². The number of ether oxygens (including phenoxy) is 3. The van der Waals surface area contributed by atoms with E-state index in [1.54, 1.807) is 60.7 Å². The summed E-state index contributed by atoms with van der Waals surface area (Å²) < 4.78 is 68.5. The number of rotatable bonds is 20.